The van der Waals surface area contributed by atoms with Crippen molar-refractivity contribution in [3.05, 3.63) is 34.3 Å². The van der Waals surface area contributed by atoms with Gasteiger partial charge in [0.05, 0.1) is 0 Å². The number of halogens is 1. The lowest BCUT2D eigenvalue weighted by Crippen LogP contribution is -2.22. The van der Waals surface area contributed by atoms with Gasteiger partial charge in [-0.3, -0.25) is 0 Å². The Balaban J connectivity index is 2.17. The van der Waals surface area contributed by atoms with Gasteiger partial charge in [-0.15, -0.1) is 0 Å². The van der Waals surface area contributed by atoms with Crippen LogP contribution in [-0.2, 0) is 0 Å². The molecule has 0 spiro atoms. The Morgan fingerprint density at radius 2 is 2.20 bits per heavy atom. The Labute approximate surface area is 100 Å². The van der Waals surface area contributed by atoms with Crippen molar-refractivity contribution in [1.29, 1.82) is 0 Å². The van der Waals surface area contributed by atoms with Crippen LogP contribution in [0.5, 0.6) is 0 Å². The highest BCUT2D eigenvalue weighted by molar-refractivity contribution is 9.10. The summed E-state index contributed by atoms with van der Waals surface area (Å²) in [5, 5.41) is 0. The molecule has 2 rings (SSSR count). The second kappa shape index (κ2) is 4.26. The quantitative estimate of drug-likeness (QED) is 0.876. The molecule has 1 saturated carbocycles. The maximum absolute atomic E-state index is 6.37. The van der Waals surface area contributed by atoms with Crippen LogP contribution in [0.15, 0.2) is 28.7 Å². The van der Waals surface area contributed by atoms with Gasteiger partial charge in [0.2, 0.25) is 0 Å². The van der Waals surface area contributed by atoms with Crippen molar-refractivity contribution in [2.45, 2.75) is 38.6 Å². The number of hydrogen-bond acceptors (Lipinski definition) is 1. The molecule has 1 fully saturated rings. The first-order chi connectivity index (χ1) is 7.18. The van der Waals surface area contributed by atoms with Gasteiger partial charge >= 0.3 is 0 Å². The molecule has 0 aliphatic heterocycles. The Hall–Kier alpha value is -0.340. The van der Waals surface area contributed by atoms with Gasteiger partial charge in [-0.1, -0.05) is 41.4 Å². The number of hydrogen-bond donors (Lipinski definition) is 1. The van der Waals surface area contributed by atoms with Crippen LogP contribution in [0, 0.1) is 5.41 Å². The van der Waals surface area contributed by atoms with Crippen molar-refractivity contribution in [2.75, 3.05) is 0 Å². The van der Waals surface area contributed by atoms with E-state index < -0.39 is 0 Å². The zero-order chi connectivity index (χ0) is 10.9. The van der Waals surface area contributed by atoms with Gasteiger partial charge in [0.15, 0.2) is 0 Å². The van der Waals surface area contributed by atoms with Crippen molar-refractivity contribution in [3.8, 4) is 0 Å². The van der Waals surface area contributed by atoms with Crippen LogP contribution in [-0.4, -0.2) is 0 Å². The van der Waals surface area contributed by atoms with E-state index in [-0.39, 0.29) is 6.04 Å². The van der Waals surface area contributed by atoms with E-state index in [1.54, 1.807) is 0 Å². The van der Waals surface area contributed by atoms with Gasteiger partial charge in [0, 0.05) is 10.5 Å². The van der Waals surface area contributed by atoms with E-state index in [1.807, 2.05) is 0 Å². The van der Waals surface area contributed by atoms with E-state index in [9.17, 15) is 0 Å². The second-order valence-corrected chi connectivity index (χ2v) is 5.56. The van der Waals surface area contributed by atoms with Gasteiger partial charge in [-0.2, -0.15) is 0 Å². The molecule has 0 aromatic heterocycles. The number of benzene rings is 1. The SMILES string of the molecule is CCCC1(C(N)c2cccc(Br)c2)CC1. The van der Waals surface area contributed by atoms with Crippen LogP contribution in [0.25, 0.3) is 0 Å². The first-order valence-corrected chi connectivity index (χ1v) is 6.48. The highest BCUT2D eigenvalue weighted by Crippen LogP contribution is 2.57. The van der Waals surface area contributed by atoms with Crippen molar-refractivity contribution in [2.24, 2.45) is 11.1 Å². The van der Waals surface area contributed by atoms with Crippen molar-refractivity contribution in [1.82, 2.24) is 0 Å². The third-order valence-corrected chi connectivity index (χ3v) is 4.00. The van der Waals surface area contributed by atoms with E-state index in [4.69, 9.17) is 5.73 Å². The Bertz CT molecular complexity index is 344. The summed E-state index contributed by atoms with van der Waals surface area (Å²) in [7, 11) is 0. The molecular weight excluding hydrogens is 250 g/mol. The zero-order valence-electron chi connectivity index (χ0n) is 9.17. The maximum Gasteiger partial charge on any atom is 0.0352 e. The first-order valence-electron chi connectivity index (χ1n) is 5.69. The monoisotopic (exact) mass is 267 g/mol. The molecule has 1 aliphatic carbocycles. The minimum atomic E-state index is 0.218. The Morgan fingerprint density at radius 1 is 1.47 bits per heavy atom. The van der Waals surface area contributed by atoms with Crippen LogP contribution in [0.2, 0.25) is 0 Å². The summed E-state index contributed by atoms with van der Waals surface area (Å²) in [5.41, 5.74) is 8.06. The topological polar surface area (TPSA) is 26.0 Å². The molecule has 1 atom stereocenters. The fourth-order valence-electron chi connectivity index (χ4n) is 2.43. The van der Waals surface area contributed by atoms with E-state index in [2.05, 4.69) is 47.1 Å². The minimum absolute atomic E-state index is 0.218. The average molecular weight is 268 g/mol. The Kier molecular flexibility index (Phi) is 3.17. The summed E-state index contributed by atoms with van der Waals surface area (Å²) >= 11 is 3.50. The minimum Gasteiger partial charge on any atom is -0.323 e. The van der Waals surface area contributed by atoms with Crippen molar-refractivity contribution in [3.63, 3.8) is 0 Å². The molecule has 2 N–H and O–H groups in total. The molecule has 0 amide bonds. The van der Waals surface area contributed by atoms with Crippen LogP contribution in [0.4, 0.5) is 0 Å². The van der Waals surface area contributed by atoms with E-state index in [0.717, 1.165) is 4.47 Å². The third kappa shape index (κ3) is 2.26. The molecule has 1 aliphatic rings. The van der Waals surface area contributed by atoms with Gasteiger partial charge in [0.1, 0.15) is 0 Å². The average Bonchev–Trinajstić information content (AvgIpc) is 2.98. The standard InChI is InChI=1S/C13H18BrN/c1-2-6-13(7-8-13)12(15)10-4-3-5-11(14)9-10/h3-5,9,12H,2,6-8,15H2,1H3. The fraction of sp³-hybridized carbons (Fsp3) is 0.538. The van der Waals surface area contributed by atoms with Crippen molar-refractivity contribution < 1.29 is 0 Å². The number of rotatable bonds is 4. The molecule has 1 aromatic carbocycles. The highest BCUT2D eigenvalue weighted by Gasteiger charge is 2.47. The smallest absolute Gasteiger partial charge is 0.0352 e. The molecule has 15 heavy (non-hydrogen) atoms. The van der Waals surface area contributed by atoms with Gasteiger partial charge in [-0.05, 0) is 42.4 Å². The van der Waals surface area contributed by atoms with E-state index >= 15 is 0 Å². The van der Waals surface area contributed by atoms with Gasteiger partial charge < -0.3 is 5.73 Å². The summed E-state index contributed by atoms with van der Waals surface area (Å²) in [6, 6.07) is 8.64. The predicted octanol–water partition coefficient (Wildman–Crippen LogP) is 4.03. The lowest BCUT2D eigenvalue weighted by atomic mass is 9.87. The second-order valence-electron chi connectivity index (χ2n) is 4.65. The first kappa shape index (κ1) is 11.2. The summed E-state index contributed by atoms with van der Waals surface area (Å²) in [6.07, 6.45) is 5.10. The molecular formula is C13H18BrN. The molecule has 0 radical (unpaired) electrons. The molecule has 1 unspecified atom stereocenters. The fourth-order valence-corrected chi connectivity index (χ4v) is 2.85. The van der Waals surface area contributed by atoms with E-state index in [0.29, 0.717) is 5.41 Å². The Morgan fingerprint density at radius 3 is 2.73 bits per heavy atom. The van der Waals surface area contributed by atoms with Crippen LogP contribution in [0.1, 0.15) is 44.2 Å². The number of nitrogens with two attached hydrogens (primary N) is 1. The molecule has 0 saturated heterocycles. The van der Waals surface area contributed by atoms with Crippen LogP contribution >= 0.6 is 15.9 Å². The van der Waals surface area contributed by atoms with Crippen LogP contribution < -0.4 is 5.73 Å². The largest absolute Gasteiger partial charge is 0.323 e. The highest BCUT2D eigenvalue weighted by atomic mass is 79.9. The van der Waals surface area contributed by atoms with Crippen LogP contribution in [0.3, 0.4) is 0 Å². The molecule has 1 aromatic rings. The summed E-state index contributed by atoms with van der Waals surface area (Å²) < 4.78 is 1.13. The third-order valence-electron chi connectivity index (χ3n) is 3.51. The zero-order valence-corrected chi connectivity index (χ0v) is 10.8. The summed E-state index contributed by atoms with van der Waals surface area (Å²) in [5.74, 6) is 0. The van der Waals surface area contributed by atoms with Gasteiger partial charge in [-0.25, -0.2) is 0 Å². The van der Waals surface area contributed by atoms with E-state index in [1.165, 1.54) is 31.2 Å². The van der Waals surface area contributed by atoms with Crippen molar-refractivity contribution >= 4 is 15.9 Å². The maximum atomic E-state index is 6.37. The summed E-state index contributed by atoms with van der Waals surface area (Å²) in [4.78, 5) is 0. The summed E-state index contributed by atoms with van der Waals surface area (Å²) in [6.45, 7) is 2.24. The van der Waals surface area contributed by atoms with Gasteiger partial charge in [0.25, 0.3) is 0 Å². The lowest BCUT2D eigenvalue weighted by Gasteiger charge is -2.23. The predicted molar refractivity (Wildman–Crippen MR) is 67.6 cm³/mol. The molecule has 1 nitrogen and oxygen atoms in total. The molecule has 2 heteroatoms. The lowest BCUT2D eigenvalue weighted by molar-refractivity contribution is 0.373. The molecule has 0 heterocycles. The molecule has 0 bridgehead atoms. The normalized spacial score (nSPS) is 19.9. The molecule has 82 valence electrons.